The van der Waals surface area contributed by atoms with Crippen molar-refractivity contribution < 1.29 is 9.53 Å². The van der Waals surface area contributed by atoms with E-state index >= 15 is 0 Å². The number of ether oxygens (including phenoxy) is 1. The summed E-state index contributed by atoms with van der Waals surface area (Å²) < 4.78 is 5.38. The molecule has 0 bridgehead atoms. The molecule has 0 aliphatic heterocycles. The van der Waals surface area contributed by atoms with Crippen LogP contribution in [0.25, 0.3) is 0 Å². The van der Waals surface area contributed by atoms with Crippen LogP contribution in [-0.4, -0.2) is 12.6 Å². The third-order valence-corrected chi connectivity index (χ3v) is 3.20. The van der Waals surface area contributed by atoms with Crippen LogP contribution in [-0.2, 0) is 9.53 Å². The molecule has 0 aromatic heterocycles. The van der Waals surface area contributed by atoms with Crippen LogP contribution in [0.5, 0.6) is 0 Å². The van der Waals surface area contributed by atoms with E-state index in [1.54, 1.807) is 0 Å². The molecule has 0 saturated heterocycles. The van der Waals surface area contributed by atoms with E-state index in [2.05, 4.69) is 34.3 Å². The minimum Gasteiger partial charge on any atom is -0.465 e. The van der Waals surface area contributed by atoms with E-state index < -0.39 is 5.41 Å². The maximum Gasteiger partial charge on any atom is 0.311 e. The van der Waals surface area contributed by atoms with Gasteiger partial charge in [0.05, 0.1) is 12.0 Å². The maximum atomic E-state index is 12.0. The first kappa shape index (κ1) is 16.2. The molecule has 0 saturated carbocycles. The summed E-state index contributed by atoms with van der Waals surface area (Å²) in [5, 5.41) is 0. The van der Waals surface area contributed by atoms with Crippen LogP contribution in [0.1, 0.15) is 54.4 Å². The molecule has 0 aliphatic carbocycles. The summed E-state index contributed by atoms with van der Waals surface area (Å²) in [5.41, 5.74) is -0.496. The van der Waals surface area contributed by atoms with Gasteiger partial charge < -0.3 is 4.74 Å². The molecule has 100 valence electrons. The minimum atomic E-state index is -0.453. The largest absolute Gasteiger partial charge is 0.465 e. The Bertz CT molecular complexity index is 264. The van der Waals surface area contributed by atoms with Crippen molar-refractivity contribution in [1.82, 2.24) is 0 Å². The molecular formula is C15H28O2. The molecule has 0 spiro atoms. The Labute approximate surface area is 106 Å². The molecule has 0 amide bonds. The topological polar surface area (TPSA) is 26.3 Å². The van der Waals surface area contributed by atoms with Gasteiger partial charge in [0.25, 0.3) is 0 Å². The van der Waals surface area contributed by atoms with Crippen LogP contribution in [0, 0.1) is 16.7 Å². The van der Waals surface area contributed by atoms with Crippen molar-refractivity contribution in [3.05, 3.63) is 12.7 Å². The zero-order valence-electron chi connectivity index (χ0n) is 12.3. The first-order chi connectivity index (χ1) is 7.64. The lowest BCUT2D eigenvalue weighted by Gasteiger charge is -2.31. The third-order valence-electron chi connectivity index (χ3n) is 3.20. The fraction of sp³-hybridized carbons (Fsp3) is 0.800. The van der Waals surface area contributed by atoms with Crippen molar-refractivity contribution in [3.63, 3.8) is 0 Å². The second-order valence-electron chi connectivity index (χ2n) is 6.37. The molecule has 2 heteroatoms. The highest BCUT2D eigenvalue weighted by Crippen LogP contribution is 2.35. The Kier molecular flexibility index (Phi) is 5.94. The second kappa shape index (κ2) is 6.23. The quantitative estimate of drug-likeness (QED) is 0.492. The molecule has 1 unspecified atom stereocenters. The van der Waals surface area contributed by atoms with Gasteiger partial charge in [0.1, 0.15) is 0 Å². The molecule has 0 aromatic rings. The molecule has 2 nitrogen and oxygen atoms in total. The predicted molar refractivity (Wildman–Crippen MR) is 72.8 cm³/mol. The lowest BCUT2D eigenvalue weighted by atomic mass is 9.75. The van der Waals surface area contributed by atoms with Crippen molar-refractivity contribution >= 4 is 5.97 Å². The highest BCUT2D eigenvalue weighted by Gasteiger charge is 2.34. The smallest absolute Gasteiger partial charge is 0.311 e. The SMILES string of the molecule is C=CC(C)(C)CC(C)(C)C(=O)OCC(C)CC. The van der Waals surface area contributed by atoms with Crippen LogP contribution in [0.3, 0.4) is 0 Å². The van der Waals surface area contributed by atoms with Gasteiger partial charge in [-0.05, 0) is 31.6 Å². The fourth-order valence-corrected chi connectivity index (χ4v) is 1.81. The van der Waals surface area contributed by atoms with Crippen molar-refractivity contribution in [2.24, 2.45) is 16.7 Å². The van der Waals surface area contributed by atoms with Crippen LogP contribution in [0.2, 0.25) is 0 Å². The number of carbonyl (C=O) groups excluding carboxylic acids is 1. The summed E-state index contributed by atoms with van der Waals surface area (Å²) in [6, 6.07) is 0. The number of hydrogen-bond acceptors (Lipinski definition) is 2. The number of hydrogen-bond donors (Lipinski definition) is 0. The van der Waals surface area contributed by atoms with Crippen LogP contribution in [0.4, 0.5) is 0 Å². The zero-order chi connectivity index (χ0) is 13.7. The Morgan fingerprint density at radius 2 is 1.88 bits per heavy atom. The molecule has 17 heavy (non-hydrogen) atoms. The molecule has 0 radical (unpaired) electrons. The molecule has 0 heterocycles. The summed E-state index contributed by atoms with van der Waals surface area (Å²) in [7, 11) is 0. The fourth-order valence-electron chi connectivity index (χ4n) is 1.81. The standard InChI is InChI=1S/C15H28O2/c1-8-12(3)10-17-13(16)15(6,7)11-14(4,5)9-2/h9,12H,2,8,10-11H2,1,3-7H3. The maximum absolute atomic E-state index is 12.0. The summed E-state index contributed by atoms with van der Waals surface area (Å²) in [6.45, 7) is 16.6. The van der Waals surface area contributed by atoms with Crippen LogP contribution in [0.15, 0.2) is 12.7 Å². The lowest BCUT2D eigenvalue weighted by molar-refractivity contribution is -0.156. The average molecular weight is 240 g/mol. The highest BCUT2D eigenvalue weighted by molar-refractivity contribution is 5.76. The van der Waals surface area contributed by atoms with Gasteiger partial charge in [-0.1, -0.05) is 40.2 Å². The third kappa shape index (κ3) is 5.90. The van der Waals surface area contributed by atoms with Crippen molar-refractivity contribution in [1.29, 1.82) is 0 Å². The van der Waals surface area contributed by atoms with Gasteiger partial charge in [-0.25, -0.2) is 0 Å². The minimum absolute atomic E-state index is 0.0428. The van der Waals surface area contributed by atoms with E-state index in [1.165, 1.54) is 0 Å². The number of carbonyl (C=O) groups is 1. The summed E-state index contributed by atoms with van der Waals surface area (Å²) >= 11 is 0. The molecule has 1 atom stereocenters. The zero-order valence-corrected chi connectivity index (χ0v) is 12.3. The Morgan fingerprint density at radius 1 is 1.35 bits per heavy atom. The van der Waals surface area contributed by atoms with E-state index in [-0.39, 0.29) is 11.4 Å². The monoisotopic (exact) mass is 240 g/mol. The molecule has 0 aromatic carbocycles. The summed E-state index contributed by atoms with van der Waals surface area (Å²) in [4.78, 5) is 12.0. The Hall–Kier alpha value is -0.790. The molecule has 0 aliphatic rings. The molecule has 0 fully saturated rings. The van der Waals surface area contributed by atoms with Gasteiger partial charge in [-0.15, -0.1) is 6.58 Å². The number of allylic oxidation sites excluding steroid dienone is 1. The highest BCUT2D eigenvalue weighted by atomic mass is 16.5. The van der Waals surface area contributed by atoms with Gasteiger partial charge in [0, 0.05) is 0 Å². The average Bonchev–Trinajstić information content (AvgIpc) is 2.23. The Morgan fingerprint density at radius 3 is 2.29 bits per heavy atom. The predicted octanol–water partition coefficient (Wildman–Crippen LogP) is 4.20. The van der Waals surface area contributed by atoms with E-state index in [4.69, 9.17) is 4.74 Å². The van der Waals surface area contributed by atoms with Crippen molar-refractivity contribution in [2.45, 2.75) is 54.4 Å². The van der Waals surface area contributed by atoms with Gasteiger partial charge >= 0.3 is 5.97 Å². The van der Waals surface area contributed by atoms with Gasteiger partial charge in [-0.3, -0.25) is 4.79 Å². The first-order valence-corrected chi connectivity index (χ1v) is 6.45. The number of rotatable bonds is 7. The van der Waals surface area contributed by atoms with Gasteiger partial charge in [0.2, 0.25) is 0 Å². The van der Waals surface area contributed by atoms with E-state index in [0.717, 1.165) is 12.8 Å². The first-order valence-electron chi connectivity index (χ1n) is 6.45. The van der Waals surface area contributed by atoms with Crippen molar-refractivity contribution in [2.75, 3.05) is 6.61 Å². The second-order valence-corrected chi connectivity index (χ2v) is 6.37. The van der Waals surface area contributed by atoms with Crippen LogP contribution >= 0.6 is 0 Å². The van der Waals surface area contributed by atoms with Gasteiger partial charge in [0.15, 0.2) is 0 Å². The van der Waals surface area contributed by atoms with Gasteiger partial charge in [-0.2, -0.15) is 0 Å². The lowest BCUT2D eigenvalue weighted by Crippen LogP contribution is -2.32. The van der Waals surface area contributed by atoms with E-state index in [1.807, 2.05) is 19.9 Å². The van der Waals surface area contributed by atoms with E-state index in [0.29, 0.717) is 12.5 Å². The van der Waals surface area contributed by atoms with Crippen molar-refractivity contribution in [3.8, 4) is 0 Å². The molecule has 0 N–H and O–H groups in total. The normalized spacial score (nSPS) is 14.2. The van der Waals surface area contributed by atoms with Crippen LogP contribution < -0.4 is 0 Å². The summed E-state index contributed by atoms with van der Waals surface area (Å²) in [5.74, 6) is 0.329. The Balaban J connectivity index is 4.40. The number of esters is 1. The van der Waals surface area contributed by atoms with E-state index in [9.17, 15) is 4.79 Å². The molecular weight excluding hydrogens is 212 g/mol. The summed E-state index contributed by atoms with van der Waals surface area (Å²) in [6.07, 6.45) is 3.69. The molecule has 0 rings (SSSR count).